The molecule has 0 unspecified atom stereocenters. The predicted octanol–water partition coefficient (Wildman–Crippen LogP) is 4.17. The molecule has 0 aliphatic heterocycles. The number of hydrogen-bond acceptors (Lipinski definition) is 3. The molecule has 1 aliphatic carbocycles. The summed E-state index contributed by atoms with van der Waals surface area (Å²) in [5.74, 6) is 0. The van der Waals surface area contributed by atoms with Crippen LogP contribution in [0, 0.1) is 6.92 Å². The summed E-state index contributed by atoms with van der Waals surface area (Å²) in [7, 11) is 0. The van der Waals surface area contributed by atoms with Gasteiger partial charge >= 0.3 is 0 Å². The van der Waals surface area contributed by atoms with E-state index in [0.29, 0.717) is 0 Å². The molecule has 0 bridgehead atoms. The molecule has 2 rings (SSSR count). The van der Waals surface area contributed by atoms with Crippen molar-refractivity contribution < 1.29 is 0 Å². The molecule has 0 atom stereocenters. The first kappa shape index (κ1) is 14.0. The van der Waals surface area contributed by atoms with Crippen molar-refractivity contribution in [3.63, 3.8) is 0 Å². The second kappa shape index (κ2) is 6.16. The first-order chi connectivity index (χ1) is 8.72. The van der Waals surface area contributed by atoms with E-state index in [1.165, 1.54) is 54.1 Å². The van der Waals surface area contributed by atoms with E-state index < -0.39 is 0 Å². The Morgan fingerprint density at radius 1 is 1.17 bits per heavy atom. The average Bonchev–Trinajstić information content (AvgIpc) is 2.60. The Hall–Kier alpha value is -0.410. The Kier molecular flexibility index (Phi) is 4.79. The van der Waals surface area contributed by atoms with Gasteiger partial charge in [-0.15, -0.1) is 11.3 Å². The third-order valence-corrected chi connectivity index (χ3v) is 5.33. The highest BCUT2D eigenvalue weighted by atomic mass is 32.1. The lowest BCUT2D eigenvalue weighted by Gasteiger charge is -2.31. The molecular formula is C15H26N2S. The van der Waals surface area contributed by atoms with E-state index in [-0.39, 0.29) is 5.54 Å². The molecule has 0 saturated heterocycles. The number of rotatable bonds is 4. The summed E-state index contributed by atoms with van der Waals surface area (Å²) in [6, 6.07) is 0. The third kappa shape index (κ3) is 2.77. The number of hydrogen-bond donors (Lipinski definition) is 1. The summed E-state index contributed by atoms with van der Waals surface area (Å²) < 4.78 is 0. The Balaban J connectivity index is 2.31. The largest absolute Gasteiger partial charge is 0.306 e. The lowest BCUT2D eigenvalue weighted by molar-refractivity contribution is 0.295. The highest BCUT2D eigenvalue weighted by molar-refractivity contribution is 7.11. The summed E-state index contributed by atoms with van der Waals surface area (Å²) in [4.78, 5) is 6.35. The molecule has 1 heterocycles. The van der Waals surface area contributed by atoms with E-state index in [2.05, 4.69) is 26.1 Å². The van der Waals surface area contributed by atoms with Crippen LogP contribution < -0.4 is 5.32 Å². The minimum Gasteiger partial charge on any atom is -0.306 e. The topological polar surface area (TPSA) is 24.9 Å². The fourth-order valence-electron chi connectivity index (χ4n) is 3.10. The van der Waals surface area contributed by atoms with Crippen LogP contribution in [0.2, 0.25) is 0 Å². The van der Waals surface area contributed by atoms with Crippen LogP contribution >= 0.6 is 11.3 Å². The number of nitrogens with zero attached hydrogens (tertiary/aromatic N) is 1. The van der Waals surface area contributed by atoms with Gasteiger partial charge in [-0.05, 0) is 32.7 Å². The van der Waals surface area contributed by atoms with Crippen molar-refractivity contribution in [2.24, 2.45) is 0 Å². The Labute approximate surface area is 115 Å². The van der Waals surface area contributed by atoms with Gasteiger partial charge in [0.2, 0.25) is 0 Å². The predicted molar refractivity (Wildman–Crippen MR) is 79.3 cm³/mol. The van der Waals surface area contributed by atoms with Gasteiger partial charge in [-0.1, -0.05) is 39.5 Å². The van der Waals surface area contributed by atoms with E-state index in [4.69, 9.17) is 4.98 Å². The number of nitrogens with one attached hydrogen (secondary N) is 1. The quantitative estimate of drug-likeness (QED) is 0.827. The van der Waals surface area contributed by atoms with Crippen molar-refractivity contribution in [3.8, 4) is 0 Å². The van der Waals surface area contributed by atoms with Crippen molar-refractivity contribution in [2.45, 2.75) is 71.3 Å². The van der Waals surface area contributed by atoms with Crippen molar-refractivity contribution in [2.75, 3.05) is 6.54 Å². The fourth-order valence-corrected chi connectivity index (χ4v) is 4.32. The van der Waals surface area contributed by atoms with Crippen LogP contribution in [0.4, 0.5) is 0 Å². The fraction of sp³-hybridized carbons (Fsp3) is 0.800. The van der Waals surface area contributed by atoms with Gasteiger partial charge in [0.05, 0.1) is 11.2 Å². The van der Waals surface area contributed by atoms with Gasteiger partial charge in [-0.25, -0.2) is 4.98 Å². The van der Waals surface area contributed by atoms with Gasteiger partial charge < -0.3 is 5.32 Å². The van der Waals surface area contributed by atoms with E-state index in [1.807, 2.05) is 11.3 Å². The summed E-state index contributed by atoms with van der Waals surface area (Å²) in [6.07, 6.45) is 9.04. The van der Waals surface area contributed by atoms with Crippen LogP contribution in [0.5, 0.6) is 0 Å². The molecule has 2 nitrogen and oxygen atoms in total. The molecule has 0 aromatic carbocycles. The van der Waals surface area contributed by atoms with Crippen molar-refractivity contribution in [3.05, 3.63) is 15.6 Å². The van der Waals surface area contributed by atoms with Crippen LogP contribution in [0.15, 0.2) is 0 Å². The van der Waals surface area contributed by atoms with Gasteiger partial charge in [0, 0.05) is 4.88 Å². The summed E-state index contributed by atoms with van der Waals surface area (Å²) >= 11 is 1.92. The number of aryl methyl sites for hydroxylation is 2. The zero-order valence-corrected chi connectivity index (χ0v) is 12.8. The summed E-state index contributed by atoms with van der Waals surface area (Å²) in [6.45, 7) is 7.68. The molecule has 1 aliphatic rings. The Morgan fingerprint density at radius 3 is 2.33 bits per heavy atom. The highest BCUT2D eigenvalue weighted by Crippen LogP contribution is 2.38. The second-order valence-electron chi connectivity index (χ2n) is 5.40. The lowest BCUT2D eigenvalue weighted by Crippen LogP contribution is -2.41. The molecule has 102 valence electrons. The van der Waals surface area contributed by atoms with E-state index in [9.17, 15) is 0 Å². The average molecular weight is 266 g/mol. The van der Waals surface area contributed by atoms with Crippen LogP contribution in [0.3, 0.4) is 0 Å². The zero-order chi connectivity index (χ0) is 13.0. The van der Waals surface area contributed by atoms with Crippen molar-refractivity contribution in [1.82, 2.24) is 10.3 Å². The molecule has 0 radical (unpaired) electrons. The summed E-state index contributed by atoms with van der Waals surface area (Å²) in [5, 5.41) is 5.11. The molecule has 1 aromatic rings. The molecule has 3 heteroatoms. The Morgan fingerprint density at radius 2 is 1.83 bits per heavy atom. The van der Waals surface area contributed by atoms with Crippen LogP contribution in [-0.2, 0) is 12.0 Å². The molecular weight excluding hydrogens is 240 g/mol. The highest BCUT2D eigenvalue weighted by Gasteiger charge is 2.35. The maximum absolute atomic E-state index is 4.94. The van der Waals surface area contributed by atoms with Crippen LogP contribution in [0.1, 0.15) is 68.0 Å². The minimum atomic E-state index is 0.175. The lowest BCUT2D eigenvalue weighted by atomic mass is 9.90. The second-order valence-corrected chi connectivity index (χ2v) is 6.61. The van der Waals surface area contributed by atoms with E-state index in [0.717, 1.165) is 13.0 Å². The molecule has 1 N–H and O–H groups in total. The monoisotopic (exact) mass is 266 g/mol. The molecule has 0 spiro atoms. The minimum absolute atomic E-state index is 0.175. The molecule has 0 amide bonds. The molecule has 18 heavy (non-hydrogen) atoms. The van der Waals surface area contributed by atoms with Gasteiger partial charge in [-0.3, -0.25) is 0 Å². The molecule has 1 aromatic heterocycles. The maximum atomic E-state index is 4.94. The third-order valence-electron chi connectivity index (χ3n) is 4.11. The van der Waals surface area contributed by atoms with E-state index in [1.54, 1.807) is 0 Å². The first-order valence-electron chi connectivity index (χ1n) is 7.43. The molecule has 1 saturated carbocycles. The van der Waals surface area contributed by atoms with Gasteiger partial charge in [0.1, 0.15) is 5.01 Å². The standard InChI is InChI=1S/C15H26N2S/c1-4-13-12(3)18-14(17-13)15(16-5-2)10-8-6-7-9-11-15/h16H,4-11H2,1-3H3. The van der Waals surface area contributed by atoms with Crippen LogP contribution in [-0.4, -0.2) is 11.5 Å². The van der Waals surface area contributed by atoms with Gasteiger partial charge in [0.15, 0.2) is 0 Å². The van der Waals surface area contributed by atoms with Crippen molar-refractivity contribution in [1.29, 1.82) is 0 Å². The molecule has 1 fully saturated rings. The first-order valence-corrected chi connectivity index (χ1v) is 8.25. The van der Waals surface area contributed by atoms with Gasteiger partial charge in [-0.2, -0.15) is 0 Å². The van der Waals surface area contributed by atoms with E-state index >= 15 is 0 Å². The smallest absolute Gasteiger partial charge is 0.113 e. The van der Waals surface area contributed by atoms with Gasteiger partial charge in [0.25, 0.3) is 0 Å². The maximum Gasteiger partial charge on any atom is 0.113 e. The normalized spacial score (nSPS) is 19.7. The Bertz CT molecular complexity index is 376. The number of aromatic nitrogens is 1. The summed E-state index contributed by atoms with van der Waals surface area (Å²) in [5.41, 5.74) is 1.48. The zero-order valence-electron chi connectivity index (χ0n) is 12.0. The van der Waals surface area contributed by atoms with Crippen LogP contribution in [0.25, 0.3) is 0 Å². The SMILES string of the molecule is CCNC1(c2nc(CC)c(C)s2)CCCCCC1. The van der Waals surface area contributed by atoms with Crippen molar-refractivity contribution >= 4 is 11.3 Å². The number of thiazole rings is 1.